The Labute approximate surface area is 220 Å². The van der Waals surface area contributed by atoms with Crippen LogP contribution >= 0.6 is 0 Å². The molecule has 2 N–H and O–H groups in total. The van der Waals surface area contributed by atoms with Crippen LogP contribution in [-0.4, -0.2) is 17.0 Å². The first kappa shape index (κ1) is 28.8. The van der Waals surface area contributed by atoms with Gasteiger partial charge in [0.25, 0.3) is 5.91 Å². The van der Waals surface area contributed by atoms with Gasteiger partial charge >= 0.3 is 5.97 Å². The molecule has 3 rings (SSSR count). The number of carbonyl (C=O) groups excluding carboxylic acids is 1. The van der Waals surface area contributed by atoms with Crippen molar-refractivity contribution in [3.63, 3.8) is 0 Å². The van der Waals surface area contributed by atoms with Gasteiger partial charge in [-0.1, -0.05) is 49.2 Å². The molecule has 3 aromatic carbocycles. The van der Waals surface area contributed by atoms with Crippen LogP contribution in [0.15, 0.2) is 48.5 Å². The lowest BCUT2D eigenvalue weighted by Crippen LogP contribution is -2.30. The van der Waals surface area contributed by atoms with E-state index in [4.69, 9.17) is 9.84 Å². The molecule has 0 spiro atoms. The van der Waals surface area contributed by atoms with Gasteiger partial charge in [-0.2, -0.15) is 0 Å². The largest absolute Gasteiger partial charge is 0.489 e. The van der Waals surface area contributed by atoms with Crippen molar-refractivity contribution in [2.75, 3.05) is 0 Å². The van der Waals surface area contributed by atoms with Gasteiger partial charge in [-0.25, -0.2) is 13.2 Å². The van der Waals surface area contributed by atoms with Gasteiger partial charge < -0.3 is 15.2 Å². The highest BCUT2D eigenvalue weighted by molar-refractivity contribution is 5.96. The van der Waals surface area contributed by atoms with E-state index in [1.807, 2.05) is 26.0 Å². The van der Waals surface area contributed by atoms with Gasteiger partial charge in [0, 0.05) is 24.1 Å². The fourth-order valence-electron chi connectivity index (χ4n) is 4.38. The first-order valence-corrected chi connectivity index (χ1v) is 12.4. The van der Waals surface area contributed by atoms with Crippen molar-refractivity contribution in [2.45, 2.75) is 59.6 Å². The van der Waals surface area contributed by atoms with Crippen molar-refractivity contribution >= 4 is 11.9 Å². The van der Waals surface area contributed by atoms with Crippen LogP contribution in [0.4, 0.5) is 13.2 Å². The standard InChI is InChI=1S/C30H32F3NO4/c1-17(2)9-28(21-11-18(3)10-19(4)12-21)34-30(37)24-15-23(7-5-20(24)6-8-29(35)36)38-16-25-26(32)13-22(31)14-27(25)33/h5,7,10-15,17,28H,6,8-9,16H2,1-4H3,(H,34,37)(H,35,36). The van der Waals surface area contributed by atoms with Gasteiger partial charge in [0.05, 0.1) is 11.6 Å². The normalized spacial score (nSPS) is 11.9. The maximum absolute atomic E-state index is 14.0. The van der Waals surface area contributed by atoms with E-state index in [9.17, 15) is 22.8 Å². The molecule has 8 heteroatoms. The number of rotatable bonds is 11. The number of benzene rings is 3. The number of hydrogen-bond acceptors (Lipinski definition) is 3. The molecule has 0 aliphatic heterocycles. The summed E-state index contributed by atoms with van der Waals surface area (Å²) in [6.07, 6.45) is 0.607. The van der Waals surface area contributed by atoms with Crippen molar-refractivity contribution in [2.24, 2.45) is 5.92 Å². The minimum atomic E-state index is -1.08. The summed E-state index contributed by atoms with van der Waals surface area (Å²) in [5.41, 5.74) is 3.37. The molecule has 0 saturated heterocycles. The molecule has 5 nitrogen and oxygen atoms in total. The number of carbonyl (C=O) groups is 2. The first-order valence-electron chi connectivity index (χ1n) is 12.4. The number of ether oxygens (including phenoxy) is 1. The van der Waals surface area contributed by atoms with E-state index in [1.54, 1.807) is 6.07 Å². The van der Waals surface area contributed by atoms with Crippen LogP contribution in [0.3, 0.4) is 0 Å². The number of carboxylic acid groups (broad SMARTS) is 1. The third-order valence-corrected chi connectivity index (χ3v) is 6.08. The second kappa shape index (κ2) is 12.6. The average Bonchev–Trinajstić information content (AvgIpc) is 2.81. The second-order valence-corrected chi connectivity index (χ2v) is 9.93. The van der Waals surface area contributed by atoms with Gasteiger partial charge in [-0.3, -0.25) is 9.59 Å². The summed E-state index contributed by atoms with van der Waals surface area (Å²) >= 11 is 0. The fraction of sp³-hybridized carbons (Fsp3) is 0.333. The van der Waals surface area contributed by atoms with Gasteiger partial charge in [0.15, 0.2) is 0 Å². The number of carboxylic acids is 1. The lowest BCUT2D eigenvalue weighted by molar-refractivity contribution is -0.136. The van der Waals surface area contributed by atoms with Crippen LogP contribution in [-0.2, 0) is 17.8 Å². The van der Waals surface area contributed by atoms with Crippen molar-refractivity contribution in [3.05, 3.63) is 99.4 Å². The zero-order valence-electron chi connectivity index (χ0n) is 21.9. The van der Waals surface area contributed by atoms with Crippen LogP contribution in [0.2, 0.25) is 0 Å². The minimum absolute atomic E-state index is 0.109. The SMILES string of the molecule is Cc1cc(C)cc(C(CC(C)C)NC(=O)c2cc(OCc3c(F)cc(F)cc3F)ccc2CCC(=O)O)c1. The molecular weight excluding hydrogens is 495 g/mol. The van der Waals surface area contributed by atoms with Crippen LogP contribution in [0, 0.1) is 37.2 Å². The Morgan fingerprint density at radius 2 is 1.58 bits per heavy atom. The molecule has 202 valence electrons. The molecule has 0 aliphatic carbocycles. The quantitative estimate of drug-likeness (QED) is 0.287. The molecular formula is C30H32F3NO4. The summed E-state index contributed by atoms with van der Waals surface area (Å²) in [5, 5.41) is 12.2. The third-order valence-electron chi connectivity index (χ3n) is 6.08. The molecule has 1 atom stereocenters. The summed E-state index contributed by atoms with van der Waals surface area (Å²) in [4.78, 5) is 24.7. The Balaban J connectivity index is 1.91. The Morgan fingerprint density at radius 1 is 0.947 bits per heavy atom. The van der Waals surface area contributed by atoms with E-state index in [-0.39, 0.29) is 36.1 Å². The van der Waals surface area contributed by atoms with Crippen LogP contribution in [0.5, 0.6) is 5.75 Å². The molecule has 1 unspecified atom stereocenters. The summed E-state index contributed by atoms with van der Waals surface area (Å²) in [7, 11) is 0. The zero-order chi connectivity index (χ0) is 28.0. The highest BCUT2D eigenvalue weighted by Crippen LogP contribution is 2.27. The minimum Gasteiger partial charge on any atom is -0.489 e. The monoisotopic (exact) mass is 527 g/mol. The lowest BCUT2D eigenvalue weighted by atomic mass is 9.93. The Morgan fingerprint density at radius 3 is 2.16 bits per heavy atom. The molecule has 38 heavy (non-hydrogen) atoms. The third kappa shape index (κ3) is 7.84. The summed E-state index contributed by atoms with van der Waals surface area (Å²) in [6.45, 7) is 7.57. The van der Waals surface area contributed by atoms with Crippen molar-refractivity contribution in [3.8, 4) is 5.75 Å². The highest BCUT2D eigenvalue weighted by Gasteiger charge is 2.21. The predicted octanol–water partition coefficient (Wildman–Crippen LogP) is 6.83. The molecule has 1 amide bonds. The molecule has 0 heterocycles. The number of hydrogen-bond donors (Lipinski definition) is 2. The topological polar surface area (TPSA) is 75.6 Å². The van der Waals surface area contributed by atoms with E-state index in [0.29, 0.717) is 24.1 Å². The number of halogens is 3. The van der Waals surface area contributed by atoms with E-state index in [1.165, 1.54) is 12.1 Å². The van der Waals surface area contributed by atoms with Crippen molar-refractivity contribution in [1.29, 1.82) is 0 Å². The number of aliphatic carboxylic acids is 1. The second-order valence-electron chi connectivity index (χ2n) is 9.93. The van der Waals surface area contributed by atoms with E-state index >= 15 is 0 Å². The van der Waals surface area contributed by atoms with Gasteiger partial charge in [-0.15, -0.1) is 0 Å². The number of aryl methyl sites for hydroxylation is 3. The maximum Gasteiger partial charge on any atom is 0.303 e. The molecule has 0 radical (unpaired) electrons. The molecule has 0 aromatic heterocycles. The molecule has 0 aliphatic rings. The average molecular weight is 528 g/mol. The van der Waals surface area contributed by atoms with E-state index in [0.717, 1.165) is 16.7 Å². The summed E-state index contributed by atoms with van der Waals surface area (Å²) < 4.78 is 46.9. The van der Waals surface area contributed by atoms with Gasteiger partial charge in [0.2, 0.25) is 0 Å². The van der Waals surface area contributed by atoms with Crippen LogP contribution in [0.1, 0.15) is 70.9 Å². The Kier molecular flexibility index (Phi) is 9.55. The first-order chi connectivity index (χ1) is 17.9. The molecule has 0 saturated carbocycles. The predicted molar refractivity (Wildman–Crippen MR) is 139 cm³/mol. The number of nitrogens with one attached hydrogen (secondary N) is 1. The number of amides is 1. The van der Waals surface area contributed by atoms with Crippen LogP contribution < -0.4 is 10.1 Å². The summed E-state index contributed by atoms with van der Waals surface area (Å²) in [6, 6.07) is 11.4. The van der Waals surface area contributed by atoms with Gasteiger partial charge in [-0.05, 0) is 55.9 Å². The zero-order valence-corrected chi connectivity index (χ0v) is 21.9. The lowest BCUT2D eigenvalue weighted by Gasteiger charge is -2.23. The van der Waals surface area contributed by atoms with Crippen molar-refractivity contribution < 1.29 is 32.6 Å². The van der Waals surface area contributed by atoms with Crippen LogP contribution in [0.25, 0.3) is 0 Å². The van der Waals surface area contributed by atoms with E-state index < -0.39 is 41.5 Å². The highest BCUT2D eigenvalue weighted by atomic mass is 19.1. The Bertz CT molecular complexity index is 1280. The van der Waals surface area contributed by atoms with E-state index in [2.05, 4.69) is 25.2 Å². The molecule has 3 aromatic rings. The molecule has 0 bridgehead atoms. The summed E-state index contributed by atoms with van der Waals surface area (Å²) in [5.74, 6) is -4.18. The fourth-order valence-corrected chi connectivity index (χ4v) is 4.38. The van der Waals surface area contributed by atoms with Crippen molar-refractivity contribution in [1.82, 2.24) is 5.32 Å². The maximum atomic E-state index is 14.0. The smallest absolute Gasteiger partial charge is 0.303 e. The Hall–Kier alpha value is -3.81. The van der Waals surface area contributed by atoms with Gasteiger partial charge in [0.1, 0.15) is 29.8 Å². The molecule has 0 fully saturated rings.